The normalized spacial score (nSPS) is 27.0. The molecule has 1 amide bonds. The molecule has 0 bridgehead atoms. The molecule has 4 nitrogen and oxygen atoms in total. The van der Waals surface area contributed by atoms with Gasteiger partial charge < -0.3 is 15.8 Å². The number of rotatable bonds is 4. The lowest BCUT2D eigenvalue weighted by molar-refractivity contribution is -0.134. The van der Waals surface area contributed by atoms with Crippen molar-refractivity contribution in [3.05, 3.63) is 35.4 Å². The molecule has 0 aromatic heterocycles. The maximum absolute atomic E-state index is 12.6. The Labute approximate surface area is 132 Å². The monoisotopic (exact) mass is 302 g/mol. The van der Waals surface area contributed by atoms with Crippen LogP contribution >= 0.6 is 0 Å². The standard InChI is InChI=1S/C18H26N2O2/c1-13-5-4-6-14(11-13)18(9-2-3-10-18)20-17(21)16-8-7-15(12-19)22-16/h4-6,11,15-16H,2-3,7-10,12,19H2,1H3,(H,20,21)/t15-,16+/m1/s1. The maximum atomic E-state index is 12.6. The number of nitrogens with one attached hydrogen (secondary N) is 1. The minimum atomic E-state index is -0.337. The summed E-state index contributed by atoms with van der Waals surface area (Å²) in [7, 11) is 0. The Bertz CT molecular complexity index is 538. The number of ether oxygens (including phenoxy) is 1. The number of aryl methyl sites for hydroxylation is 1. The van der Waals surface area contributed by atoms with Gasteiger partial charge in [-0.1, -0.05) is 42.7 Å². The van der Waals surface area contributed by atoms with Crippen LogP contribution in [-0.2, 0) is 15.1 Å². The van der Waals surface area contributed by atoms with Crippen molar-refractivity contribution in [2.45, 2.75) is 63.2 Å². The van der Waals surface area contributed by atoms with E-state index < -0.39 is 0 Å². The summed E-state index contributed by atoms with van der Waals surface area (Å²) in [6.45, 7) is 2.59. The SMILES string of the molecule is Cc1cccc(C2(NC(=O)[C@@H]3CC[C@H](CN)O3)CCCC2)c1. The molecule has 120 valence electrons. The van der Waals surface area contributed by atoms with Crippen molar-refractivity contribution < 1.29 is 9.53 Å². The highest BCUT2D eigenvalue weighted by Gasteiger charge is 2.40. The lowest BCUT2D eigenvalue weighted by Gasteiger charge is -2.32. The first-order chi connectivity index (χ1) is 10.6. The highest BCUT2D eigenvalue weighted by atomic mass is 16.5. The third-order valence-corrected chi connectivity index (χ3v) is 5.05. The van der Waals surface area contributed by atoms with Crippen LogP contribution in [0, 0.1) is 6.92 Å². The van der Waals surface area contributed by atoms with Crippen molar-refractivity contribution in [3.8, 4) is 0 Å². The van der Waals surface area contributed by atoms with Crippen LogP contribution in [-0.4, -0.2) is 24.7 Å². The van der Waals surface area contributed by atoms with E-state index in [4.69, 9.17) is 10.5 Å². The van der Waals surface area contributed by atoms with Crippen LogP contribution in [0.3, 0.4) is 0 Å². The fraction of sp³-hybridized carbons (Fsp3) is 0.611. The van der Waals surface area contributed by atoms with Crippen molar-refractivity contribution in [2.24, 2.45) is 5.73 Å². The molecule has 1 aromatic carbocycles. The van der Waals surface area contributed by atoms with Gasteiger partial charge in [0.2, 0.25) is 5.91 Å². The second kappa shape index (κ2) is 6.39. The molecule has 1 aromatic rings. The van der Waals surface area contributed by atoms with Gasteiger partial charge in [-0.3, -0.25) is 4.79 Å². The summed E-state index contributed by atoms with van der Waals surface area (Å²) in [5.41, 5.74) is 7.88. The third-order valence-electron chi connectivity index (χ3n) is 5.05. The summed E-state index contributed by atoms with van der Waals surface area (Å²) >= 11 is 0. The average molecular weight is 302 g/mol. The van der Waals surface area contributed by atoms with E-state index in [0.29, 0.717) is 6.54 Å². The zero-order valence-corrected chi connectivity index (χ0v) is 13.3. The van der Waals surface area contributed by atoms with E-state index >= 15 is 0 Å². The van der Waals surface area contributed by atoms with Gasteiger partial charge in [-0.25, -0.2) is 0 Å². The third kappa shape index (κ3) is 3.03. The van der Waals surface area contributed by atoms with Crippen molar-refractivity contribution in [1.29, 1.82) is 0 Å². The van der Waals surface area contributed by atoms with Crippen LogP contribution in [0.1, 0.15) is 49.7 Å². The molecule has 3 rings (SSSR count). The van der Waals surface area contributed by atoms with Crippen LogP contribution in [0.2, 0.25) is 0 Å². The predicted octanol–water partition coefficient (Wildman–Crippen LogP) is 2.39. The Morgan fingerprint density at radius 2 is 2.14 bits per heavy atom. The zero-order chi connectivity index (χ0) is 15.6. The molecular weight excluding hydrogens is 276 g/mol. The van der Waals surface area contributed by atoms with E-state index in [1.165, 1.54) is 11.1 Å². The van der Waals surface area contributed by atoms with E-state index in [-0.39, 0.29) is 23.7 Å². The molecule has 0 spiro atoms. The minimum Gasteiger partial charge on any atom is -0.364 e. The molecule has 22 heavy (non-hydrogen) atoms. The Morgan fingerprint density at radius 1 is 1.36 bits per heavy atom. The summed E-state index contributed by atoms with van der Waals surface area (Å²) in [4.78, 5) is 12.6. The topological polar surface area (TPSA) is 64.4 Å². The first-order valence-corrected chi connectivity index (χ1v) is 8.38. The van der Waals surface area contributed by atoms with Gasteiger partial charge in [0.25, 0.3) is 0 Å². The summed E-state index contributed by atoms with van der Waals surface area (Å²) < 4.78 is 5.75. The predicted molar refractivity (Wildman–Crippen MR) is 86.4 cm³/mol. The quantitative estimate of drug-likeness (QED) is 0.897. The maximum Gasteiger partial charge on any atom is 0.249 e. The van der Waals surface area contributed by atoms with Gasteiger partial charge in [-0.15, -0.1) is 0 Å². The lowest BCUT2D eigenvalue weighted by atomic mass is 9.87. The largest absolute Gasteiger partial charge is 0.364 e. The molecule has 2 fully saturated rings. The fourth-order valence-electron chi connectivity index (χ4n) is 3.80. The Kier molecular flexibility index (Phi) is 4.50. The first kappa shape index (κ1) is 15.5. The number of benzene rings is 1. The molecule has 1 heterocycles. The highest BCUT2D eigenvalue weighted by Crippen LogP contribution is 2.39. The smallest absolute Gasteiger partial charge is 0.249 e. The van der Waals surface area contributed by atoms with Gasteiger partial charge in [0.05, 0.1) is 11.6 Å². The lowest BCUT2D eigenvalue weighted by Crippen LogP contribution is -2.48. The number of carbonyl (C=O) groups excluding carboxylic acids is 1. The molecule has 0 radical (unpaired) electrons. The average Bonchev–Trinajstić information content (AvgIpc) is 3.17. The summed E-state index contributed by atoms with van der Waals surface area (Å²) in [6.07, 6.45) is 5.69. The van der Waals surface area contributed by atoms with Crippen molar-refractivity contribution in [1.82, 2.24) is 5.32 Å². The number of hydrogen-bond donors (Lipinski definition) is 2. The van der Waals surface area contributed by atoms with Gasteiger partial charge in [0.1, 0.15) is 6.10 Å². The van der Waals surface area contributed by atoms with Gasteiger partial charge in [-0.2, -0.15) is 0 Å². The van der Waals surface area contributed by atoms with Crippen molar-refractivity contribution in [3.63, 3.8) is 0 Å². The number of carbonyl (C=O) groups is 1. The number of nitrogens with two attached hydrogens (primary N) is 1. The molecule has 1 saturated carbocycles. The summed E-state index contributed by atoms with van der Waals surface area (Å²) in [5, 5.41) is 3.32. The van der Waals surface area contributed by atoms with E-state index in [0.717, 1.165) is 38.5 Å². The van der Waals surface area contributed by atoms with Gasteiger partial charge in [-0.05, 0) is 38.2 Å². The van der Waals surface area contributed by atoms with Crippen LogP contribution < -0.4 is 11.1 Å². The molecule has 4 heteroatoms. The molecular formula is C18H26N2O2. The van der Waals surface area contributed by atoms with Crippen LogP contribution in [0.4, 0.5) is 0 Å². The van der Waals surface area contributed by atoms with E-state index in [1.54, 1.807) is 0 Å². The summed E-state index contributed by atoms with van der Waals surface area (Å²) in [5.74, 6) is 0.0272. The molecule has 2 aliphatic rings. The molecule has 1 saturated heterocycles. The van der Waals surface area contributed by atoms with Gasteiger partial charge >= 0.3 is 0 Å². The second-order valence-corrected chi connectivity index (χ2v) is 6.71. The van der Waals surface area contributed by atoms with Crippen molar-refractivity contribution >= 4 is 5.91 Å². The molecule has 0 unspecified atom stereocenters. The van der Waals surface area contributed by atoms with E-state index in [2.05, 4.69) is 36.5 Å². The Morgan fingerprint density at radius 3 is 2.77 bits per heavy atom. The minimum absolute atomic E-state index is 0.0272. The van der Waals surface area contributed by atoms with Crippen molar-refractivity contribution in [2.75, 3.05) is 6.54 Å². The Balaban J connectivity index is 1.76. The van der Waals surface area contributed by atoms with Crippen LogP contribution in [0.15, 0.2) is 24.3 Å². The zero-order valence-electron chi connectivity index (χ0n) is 13.3. The van der Waals surface area contributed by atoms with Gasteiger partial charge in [0.15, 0.2) is 0 Å². The second-order valence-electron chi connectivity index (χ2n) is 6.71. The van der Waals surface area contributed by atoms with E-state index in [1.807, 2.05) is 0 Å². The fourth-order valence-corrected chi connectivity index (χ4v) is 3.80. The summed E-state index contributed by atoms with van der Waals surface area (Å²) in [6, 6.07) is 8.51. The van der Waals surface area contributed by atoms with Crippen LogP contribution in [0.25, 0.3) is 0 Å². The molecule has 1 aliphatic carbocycles. The van der Waals surface area contributed by atoms with E-state index in [9.17, 15) is 4.79 Å². The Hall–Kier alpha value is -1.39. The number of hydrogen-bond acceptors (Lipinski definition) is 3. The highest BCUT2D eigenvalue weighted by molar-refractivity contribution is 5.82. The molecule has 1 aliphatic heterocycles. The molecule has 2 atom stereocenters. The van der Waals surface area contributed by atoms with Crippen LogP contribution in [0.5, 0.6) is 0 Å². The van der Waals surface area contributed by atoms with Gasteiger partial charge in [0, 0.05) is 6.54 Å². The first-order valence-electron chi connectivity index (χ1n) is 8.38. The molecule has 3 N–H and O–H groups in total. The number of amides is 1.